The Morgan fingerprint density at radius 1 is 0.971 bits per heavy atom. The van der Waals surface area contributed by atoms with E-state index in [1.54, 1.807) is 42.5 Å². The van der Waals surface area contributed by atoms with Crippen LogP contribution < -0.4 is 14.8 Å². The number of carbonyl (C=O) groups is 1. The van der Waals surface area contributed by atoms with Crippen LogP contribution in [0, 0.1) is 11.3 Å². The van der Waals surface area contributed by atoms with E-state index >= 15 is 0 Å². The summed E-state index contributed by atoms with van der Waals surface area (Å²) in [6, 6.07) is 25.7. The van der Waals surface area contributed by atoms with Gasteiger partial charge in [-0.25, -0.2) is 0 Å². The molecule has 174 valence electrons. The van der Waals surface area contributed by atoms with Crippen LogP contribution in [-0.2, 0) is 11.4 Å². The number of amides is 1. The number of anilines is 1. The van der Waals surface area contributed by atoms with Gasteiger partial charge in [-0.3, -0.25) is 4.79 Å². The molecule has 0 fully saturated rings. The van der Waals surface area contributed by atoms with E-state index < -0.39 is 5.91 Å². The van der Waals surface area contributed by atoms with Gasteiger partial charge in [-0.2, -0.15) is 5.26 Å². The standard InChI is InChI=1S/C28H20Cl2N2O3/c1-34-27-15-18(12-13-26(27)35-17-22-23(29)9-5-10-24(22)30)14-20(16-31)28(33)32-25-11-4-7-19-6-2-3-8-21(19)25/h2-15H,17H2,1H3,(H,32,33)/b20-14+. The molecule has 0 saturated carbocycles. The van der Waals surface area contributed by atoms with Gasteiger partial charge in [0.05, 0.1) is 7.11 Å². The topological polar surface area (TPSA) is 71.3 Å². The quantitative estimate of drug-likeness (QED) is 0.213. The minimum atomic E-state index is -0.503. The van der Waals surface area contributed by atoms with Gasteiger partial charge in [0.25, 0.3) is 5.91 Å². The molecule has 1 N–H and O–H groups in total. The highest BCUT2D eigenvalue weighted by molar-refractivity contribution is 6.35. The highest BCUT2D eigenvalue weighted by atomic mass is 35.5. The molecule has 0 unspecified atom stereocenters. The number of ether oxygens (including phenoxy) is 2. The normalized spacial score (nSPS) is 11.1. The van der Waals surface area contributed by atoms with E-state index in [-0.39, 0.29) is 12.2 Å². The smallest absolute Gasteiger partial charge is 0.266 e. The van der Waals surface area contributed by atoms with Crippen LogP contribution in [0.15, 0.2) is 84.4 Å². The lowest BCUT2D eigenvalue weighted by molar-refractivity contribution is -0.112. The monoisotopic (exact) mass is 502 g/mol. The van der Waals surface area contributed by atoms with E-state index in [9.17, 15) is 10.1 Å². The summed E-state index contributed by atoms with van der Waals surface area (Å²) < 4.78 is 11.3. The molecule has 0 atom stereocenters. The van der Waals surface area contributed by atoms with Crippen molar-refractivity contribution >= 4 is 51.6 Å². The number of methoxy groups -OCH3 is 1. The minimum absolute atomic E-state index is 0.0449. The Labute approximate surface area is 213 Å². The summed E-state index contributed by atoms with van der Waals surface area (Å²) in [5, 5.41) is 15.4. The van der Waals surface area contributed by atoms with Gasteiger partial charge in [0.2, 0.25) is 0 Å². The summed E-state index contributed by atoms with van der Waals surface area (Å²) in [5.41, 5.74) is 1.86. The van der Waals surface area contributed by atoms with Crippen LogP contribution in [0.25, 0.3) is 16.8 Å². The van der Waals surface area contributed by atoms with E-state index in [0.29, 0.717) is 38.4 Å². The number of carbonyl (C=O) groups excluding carboxylic acids is 1. The van der Waals surface area contributed by atoms with Gasteiger partial charge >= 0.3 is 0 Å². The van der Waals surface area contributed by atoms with Gasteiger partial charge in [-0.05, 0) is 47.4 Å². The summed E-state index contributed by atoms with van der Waals surface area (Å²) in [4.78, 5) is 12.9. The first kappa shape index (κ1) is 24.2. The Kier molecular flexibility index (Phi) is 7.57. The van der Waals surface area contributed by atoms with Crippen molar-refractivity contribution in [2.45, 2.75) is 6.61 Å². The number of halogens is 2. The van der Waals surface area contributed by atoms with Crippen molar-refractivity contribution < 1.29 is 14.3 Å². The van der Waals surface area contributed by atoms with Gasteiger partial charge in [0.1, 0.15) is 18.2 Å². The summed E-state index contributed by atoms with van der Waals surface area (Å²) >= 11 is 12.4. The van der Waals surface area contributed by atoms with Gasteiger partial charge in [-0.1, -0.05) is 71.7 Å². The number of nitrogens with zero attached hydrogens (tertiary/aromatic N) is 1. The van der Waals surface area contributed by atoms with E-state index in [4.69, 9.17) is 32.7 Å². The predicted octanol–water partition coefficient (Wildman–Crippen LogP) is 7.28. The lowest BCUT2D eigenvalue weighted by Gasteiger charge is -2.13. The third kappa shape index (κ3) is 5.58. The minimum Gasteiger partial charge on any atom is -0.493 e. The molecule has 1 amide bonds. The molecule has 0 aliphatic rings. The Balaban J connectivity index is 1.54. The largest absolute Gasteiger partial charge is 0.493 e. The van der Waals surface area contributed by atoms with Crippen molar-refractivity contribution in [3.8, 4) is 17.6 Å². The second kappa shape index (κ2) is 11.0. The zero-order chi connectivity index (χ0) is 24.8. The van der Waals surface area contributed by atoms with Crippen LogP contribution in [0.3, 0.4) is 0 Å². The van der Waals surface area contributed by atoms with Crippen LogP contribution >= 0.6 is 23.2 Å². The first-order chi connectivity index (χ1) is 17.0. The average Bonchev–Trinajstić information content (AvgIpc) is 2.87. The average molecular weight is 503 g/mol. The van der Waals surface area contributed by atoms with Crippen molar-refractivity contribution in [1.29, 1.82) is 5.26 Å². The number of benzene rings is 4. The fourth-order valence-electron chi connectivity index (χ4n) is 3.55. The van der Waals surface area contributed by atoms with Crippen LogP contribution in [0.5, 0.6) is 11.5 Å². The molecule has 5 nitrogen and oxygen atoms in total. The molecular formula is C28H20Cl2N2O3. The molecule has 0 saturated heterocycles. The number of nitriles is 1. The molecule has 7 heteroatoms. The Hall–Kier alpha value is -3.98. The van der Waals surface area contributed by atoms with E-state index in [1.807, 2.05) is 42.5 Å². The maximum atomic E-state index is 12.9. The Bertz CT molecular complexity index is 1450. The highest BCUT2D eigenvalue weighted by Gasteiger charge is 2.13. The number of fused-ring (bicyclic) bond motifs is 1. The third-order valence-corrected chi connectivity index (χ3v) is 6.04. The van der Waals surface area contributed by atoms with Gasteiger partial charge in [0, 0.05) is 26.7 Å². The van der Waals surface area contributed by atoms with Crippen molar-refractivity contribution in [3.63, 3.8) is 0 Å². The fraction of sp³-hybridized carbons (Fsp3) is 0.0714. The van der Waals surface area contributed by atoms with Crippen LogP contribution in [0.4, 0.5) is 5.69 Å². The predicted molar refractivity (Wildman–Crippen MR) is 140 cm³/mol. The Morgan fingerprint density at radius 3 is 2.43 bits per heavy atom. The summed E-state index contributed by atoms with van der Waals surface area (Å²) in [5.74, 6) is 0.407. The van der Waals surface area contributed by atoms with Crippen molar-refractivity contribution in [3.05, 3.63) is 106 Å². The molecule has 35 heavy (non-hydrogen) atoms. The first-order valence-corrected chi connectivity index (χ1v) is 11.4. The summed E-state index contributed by atoms with van der Waals surface area (Å²) in [6.07, 6.45) is 1.50. The molecule has 0 aromatic heterocycles. The van der Waals surface area contributed by atoms with E-state index in [2.05, 4.69) is 5.32 Å². The molecule has 0 spiro atoms. The molecule has 4 aromatic rings. The molecule has 0 bridgehead atoms. The van der Waals surface area contributed by atoms with E-state index in [0.717, 1.165) is 10.8 Å². The second-order valence-corrected chi connectivity index (χ2v) is 8.36. The van der Waals surface area contributed by atoms with Crippen LogP contribution in [-0.4, -0.2) is 13.0 Å². The molecule has 4 rings (SSSR count). The number of hydrogen-bond donors (Lipinski definition) is 1. The third-order valence-electron chi connectivity index (χ3n) is 5.34. The summed E-state index contributed by atoms with van der Waals surface area (Å²) in [6.45, 7) is 0.154. The summed E-state index contributed by atoms with van der Waals surface area (Å²) in [7, 11) is 1.51. The van der Waals surface area contributed by atoms with E-state index in [1.165, 1.54) is 13.2 Å². The zero-order valence-electron chi connectivity index (χ0n) is 18.7. The van der Waals surface area contributed by atoms with Gasteiger partial charge in [-0.15, -0.1) is 0 Å². The van der Waals surface area contributed by atoms with Crippen molar-refractivity contribution in [1.82, 2.24) is 0 Å². The fourth-order valence-corrected chi connectivity index (χ4v) is 4.06. The number of hydrogen-bond acceptors (Lipinski definition) is 4. The van der Waals surface area contributed by atoms with Crippen LogP contribution in [0.1, 0.15) is 11.1 Å². The molecule has 0 aliphatic carbocycles. The highest BCUT2D eigenvalue weighted by Crippen LogP contribution is 2.32. The lowest BCUT2D eigenvalue weighted by atomic mass is 10.1. The molecule has 0 heterocycles. The van der Waals surface area contributed by atoms with Gasteiger partial charge < -0.3 is 14.8 Å². The Morgan fingerprint density at radius 2 is 1.69 bits per heavy atom. The molecular weight excluding hydrogens is 483 g/mol. The molecule has 4 aromatic carbocycles. The molecule has 0 aliphatic heterocycles. The zero-order valence-corrected chi connectivity index (χ0v) is 20.2. The first-order valence-electron chi connectivity index (χ1n) is 10.6. The number of rotatable bonds is 7. The maximum Gasteiger partial charge on any atom is 0.266 e. The van der Waals surface area contributed by atoms with Crippen molar-refractivity contribution in [2.75, 3.05) is 12.4 Å². The maximum absolute atomic E-state index is 12.9. The van der Waals surface area contributed by atoms with Gasteiger partial charge in [0.15, 0.2) is 11.5 Å². The van der Waals surface area contributed by atoms with Crippen LogP contribution in [0.2, 0.25) is 10.0 Å². The number of nitrogens with one attached hydrogen (secondary N) is 1. The molecule has 0 radical (unpaired) electrons. The second-order valence-electron chi connectivity index (χ2n) is 7.55. The SMILES string of the molecule is COc1cc(/C=C(\C#N)C(=O)Nc2cccc3ccccc23)ccc1OCc1c(Cl)cccc1Cl. The lowest BCUT2D eigenvalue weighted by Crippen LogP contribution is -2.13. The van der Waals surface area contributed by atoms with Crippen molar-refractivity contribution in [2.24, 2.45) is 0 Å².